The minimum absolute atomic E-state index is 0.0267. The third-order valence-corrected chi connectivity index (χ3v) is 4.18. The van der Waals surface area contributed by atoms with Crippen LogP contribution >= 0.6 is 0 Å². The molecule has 1 saturated heterocycles. The summed E-state index contributed by atoms with van der Waals surface area (Å²) in [5.74, 6) is 0.888. The lowest BCUT2D eigenvalue weighted by Gasteiger charge is -2.36. The van der Waals surface area contributed by atoms with Crippen LogP contribution in [0.3, 0.4) is 0 Å². The number of carbonyl (C=O) groups is 2. The number of pyridine rings is 1. The summed E-state index contributed by atoms with van der Waals surface area (Å²) in [7, 11) is 1.78. The number of carbonyl (C=O) groups excluding carboxylic acids is 2. The van der Waals surface area contributed by atoms with Crippen molar-refractivity contribution in [3.05, 3.63) is 23.4 Å². The number of ether oxygens (including phenoxy) is 1. The van der Waals surface area contributed by atoms with Crippen LogP contribution < -0.4 is 4.90 Å². The Labute approximate surface area is 142 Å². The Bertz CT molecular complexity index is 660. The van der Waals surface area contributed by atoms with Crippen molar-refractivity contribution in [3.8, 4) is 0 Å². The van der Waals surface area contributed by atoms with Crippen LogP contribution in [0.25, 0.3) is 0 Å². The average Bonchev–Trinajstić information content (AvgIpc) is 2.80. The molecule has 1 aromatic rings. The predicted molar refractivity (Wildman–Crippen MR) is 90.1 cm³/mol. The second kappa shape index (κ2) is 5.96. The van der Waals surface area contributed by atoms with Gasteiger partial charge in [0, 0.05) is 33.2 Å². The SMILES string of the molecule is CN1Cc2nc(N3CCN(C(=O)OC(C)(C)C)CC3)ccc2C1=O. The lowest BCUT2D eigenvalue weighted by Crippen LogP contribution is -2.50. The first kappa shape index (κ1) is 16.5. The molecule has 0 spiro atoms. The van der Waals surface area contributed by atoms with Gasteiger partial charge in [-0.2, -0.15) is 0 Å². The number of hydrogen-bond donors (Lipinski definition) is 0. The molecule has 24 heavy (non-hydrogen) atoms. The van der Waals surface area contributed by atoms with Gasteiger partial charge in [0.15, 0.2) is 0 Å². The molecule has 3 heterocycles. The van der Waals surface area contributed by atoms with E-state index < -0.39 is 5.60 Å². The molecule has 2 amide bonds. The molecule has 0 aliphatic carbocycles. The van der Waals surface area contributed by atoms with Gasteiger partial charge in [-0.3, -0.25) is 4.79 Å². The van der Waals surface area contributed by atoms with Crippen LogP contribution in [0.1, 0.15) is 36.8 Å². The quantitative estimate of drug-likeness (QED) is 0.783. The third-order valence-electron chi connectivity index (χ3n) is 4.18. The molecule has 7 heteroatoms. The molecule has 1 aromatic heterocycles. The maximum absolute atomic E-state index is 12.1. The van der Waals surface area contributed by atoms with E-state index >= 15 is 0 Å². The predicted octanol–water partition coefficient (Wildman–Crippen LogP) is 1.72. The zero-order valence-electron chi connectivity index (χ0n) is 14.7. The van der Waals surface area contributed by atoms with E-state index in [-0.39, 0.29) is 12.0 Å². The lowest BCUT2D eigenvalue weighted by molar-refractivity contribution is 0.0240. The van der Waals surface area contributed by atoms with Gasteiger partial charge in [-0.1, -0.05) is 0 Å². The molecule has 3 rings (SSSR count). The van der Waals surface area contributed by atoms with Gasteiger partial charge in [-0.05, 0) is 32.9 Å². The van der Waals surface area contributed by atoms with Gasteiger partial charge in [-0.15, -0.1) is 0 Å². The number of aromatic nitrogens is 1. The first-order valence-corrected chi connectivity index (χ1v) is 8.23. The van der Waals surface area contributed by atoms with E-state index in [4.69, 9.17) is 4.74 Å². The smallest absolute Gasteiger partial charge is 0.410 e. The number of hydrogen-bond acceptors (Lipinski definition) is 5. The van der Waals surface area contributed by atoms with E-state index in [1.54, 1.807) is 16.8 Å². The standard InChI is InChI=1S/C17H24N4O3/c1-17(2,3)24-16(23)21-9-7-20(8-10-21)14-6-5-12-13(18-14)11-19(4)15(12)22/h5-6H,7-11H2,1-4H3. The van der Waals surface area contributed by atoms with Crippen LogP contribution in [0.4, 0.5) is 10.6 Å². The Kier molecular flexibility index (Phi) is 4.11. The van der Waals surface area contributed by atoms with Gasteiger partial charge in [0.1, 0.15) is 11.4 Å². The summed E-state index contributed by atoms with van der Waals surface area (Å²) in [5, 5.41) is 0. The fourth-order valence-corrected chi connectivity index (χ4v) is 2.93. The van der Waals surface area contributed by atoms with Gasteiger partial charge < -0.3 is 19.4 Å². The topological polar surface area (TPSA) is 66.0 Å². The average molecular weight is 332 g/mol. The Morgan fingerprint density at radius 1 is 1.17 bits per heavy atom. The van der Waals surface area contributed by atoms with Crippen molar-refractivity contribution in [2.75, 3.05) is 38.1 Å². The highest BCUT2D eigenvalue weighted by atomic mass is 16.6. The van der Waals surface area contributed by atoms with E-state index in [0.29, 0.717) is 38.3 Å². The molecule has 2 aliphatic heterocycles. The van der Waals surface area contributed by atoms with Gasteiger partial charge in [0.2, 0.25) is 0 Å². The number of nitrogens with zero attached hydrogens (tertiary/aromatic N) is 4. The van der Waals surface area contributed by atoms with Crippen LogP contribution in [0.5, 0.6) is 0 Å². The van der Waals surface area contributed by atoms with Crippen molar-refractivity contribution in [2.45, 2.75) is 32.9 Å². The molecule has 0 atom stereocenters. The highest BCUT2D eigenvalue weighted by Gasteiger charge is 2.29. The lowest BCUT2D eigenvalue weighted by atomic mass is 10.2. The summed E-state index contributed by atoms with van der Waals surface area (Å²) in [6, 6.07) is 3.74. The van der Waals surface area contributed by atoms with Crippen molar-refractivity contribution < 1.29 is 14.3 Å². The molecular weight excluding hydrogens is 308 g/mol. The molecular formula is C17H24N4O3. The molecule has 0 unspecified atom stereocenters. The minimum Gasteiger partial charge on any atom is -0.444 e. The largest absolute Gasteiger partial charge is 0.444 e. The summed E-state index contributed by atoms with van der Waals surface area (Å²) in [4.78, 5) is 34.2. The Morgan fingerprint density at radius 2 is 1.83 bits per heavy atom. The van der Waals surface area contributed by atoms with Gasteiger partial charge in [0.05, 0.1) is 17.8 Å². The number of fused-ring (bicyclic) bond motifs is 1. The Balaban J connectivity index is 1.63. The molecule has 0 N–H and O–H groups in total. The maximum Gasteiger partial charge on any atom is 0.410 e. The van der Waals surface area contributed by atoms with Crippen molar-refractivity contribution >= 4 is 17.8 Å². The molecule has 1 fully saturated rings. The highest BCUT2D eigenvalue weighted by Crippen LogP contribution is 2.24. The molecule has 0 radical (unpaired) electrons. The fourth-order valence-electron chi connectivity index (χ4n) is 2.93. The normalized spacial score (nSPS) is 18.0. The van der Waals surface area contributed by atoms with E-state index in [0.717, 1.165) is 11.5 Å². The molecule has 130 valence electrons. The summed E-state index contributed by atoms with van der Waals surface area (Å²) in [6.07, 6.45) is -0.267. The highest BCUT2D eigenvalue weighted by molar-refractivity contribution is 5.97. The first-order chi connectivity index (χ1) is 11.2. The van der Waals surface area contributed by atoms with Crippen molar-refractivity contribution in [3.63, 3.8) is 0 Å². The zero-order chi connectivity index (χ0) is 17.5. The maximum atomic E-state index is 12.1. The summed E-state index contributed by atoms with van der Waals surface area (Å²) in [6.45, 7) is 8.78. The molecule has 7 nitrogen and oxygen atoms in total. The van der Waals surface area contributed by atoms with E-state index in [1.807, 2.05) is 32.9 Å². The monoisotopic (exact) mass is 332 g/mol. The molecule has 0 bridgehead atoms. The minimum atomic E-state index is -0.478. The summed E-state index contributed by atoms with van der Waals surface area (Å²) in [5.41, 5.74) is 1.04. The fraction of sp³-hybridized carbons (Fsp3) is 0.588. The molecule has 0 saturated carbocycles. The van der Waals surface area contributed by atoms with E-state index in [2.05, 4.69) is 9.88 Å². The van der Waals surface area contributed by atoms with Crippen molar-refractivity contribution in [1.29, 1.82) is 0 Å². The van der Waals surface area contributed by atoms with Crippen LogP contribution in [0, 0.1) is 0 Å². The number of piperazine rings is 1. The van der Waals surface area contributed by atoms with Crippen LogP contribution in [0.2, 0.25) is 0 Å². The number of anilines is 1. The van der Waals surface area contributed by atoms with Crippen LogP contribution in [0.15, 0.2) is 12.1 Å². The number of rotatable bonds is 1. The van der Waals surface area contributed by atoms with E-state index in [1.165, 1.54) is 0 Å². The third kappa shape index (κ3) is 3.29. The van der Waals surface area contributed by atoms with Crippen molar-refractivity contribution in [1.82, 2.24) is 14.8 Å². The second-order valence-electron chi connectivity index (χ2n) is 7.28. The zero-order valence-corrected chi connectivity index (χ0v) is 14.7. The van der Waals surface area contributed by atoms with Crippen LogP contribution in [-0.4, -0.2) is 65.6 Å². The Hall–Kier alpha value is -2.31. The Morgan fingerprint density at radius 3 is 2.46 bits per heavy atom. The van der Waals surface area contributed by atoms with Crippen LogP contribution in [-0.2, 0) is 11.3 Å². The van der Waals surface area contributed by atoms with Gasteiger partial charge >= 0.3 is 6.09 Å². The molecule has 2 aliphatic rings. The molecule has 0 aromatic carbocycles. The summed E-state index contributed by atoms with van der Waals surface area (Å²) >= 11 is 0. The first-order valence-electron chi connectivity index (χ1n) is 8.23. The van der Waals surface area contributed by atoms with Crippen molar-refractivity contribution in [2.24, 2.45) is 0 Å². The van der Waals surface area contributed by atoms with Gasteiger partial charge in [-0.25, -0.2) is 9.78 Å². The number of amides is 2. The van der Waals surface area contributed by atoms with Gasteiger partial charge in [0.25, 0.3) is 5.91 Å². The second-order valence-corrected chi connectivity index (χ2v) is 7.28. The van der Waals surface area contributed by atoms with E-state index in [9.17, 15) is 9.59 Å². The summed E-state index contributed by atoms with van der Waals surface area (Å²) < 4.78 is 5.41.